The largest absolute Gasteiger partial charge is 0.496 e. The van der Waals surface area contributed by atoms with E-state index in [1.165, 1.54) is 0 Å². The Bertz CT molecular complexity index is 1030. The molecule has 0 saturated heterocycles. The van der Waals surface area contributed by atoms with E-state index in [0.717, 1.165) is 11.1 Å². The first-order valence-electron chi connectivity index (χ1n) is 7.64. The van der Waals surface area contributed by atoms with E-state index in [4.69, 9.17) is 32.7 Å². The summed E-state index contributed by atoms with van der Waals surface area (Å²) in [5, 5.41) is 1.82. The molecule has 126 valence electrons. The molecule has 0 radical (unpaired) electrons. The predicted octanol–water partition coefficient (Wildman–Crippen LogP) is 5.20. The predicted molar refractivity (Wildman–Crippen MR) is 97.6 cm³/mol. The smallest absolute Gasteiger partial charge is 0.339 e. The van der Waals surface area contributed by atoms with Crippen LogP contribution in [0.2, 0.25) is 10.3 Å². The maximum Gasteiger partial charge on any atom is 0.339 e. The maximum atomic E-state index is 12.4. The van der Waals surface area contributed by atoms with Gasteiger partial charge >= 0.3 is 5.97 Å². The minimum atomic E-state index is -0.392. The molecule has 1 aliphatic heterocycles. The van der Waals surface area contributed by atoms with Crippen LogP contribution in [-0.2, 0) is 11.3 Å². The van der Waals surface area contributed by atoms with Crippen LogP contribution in [0.1, 0.15) is 21.5 Å². The van der Waals surface area contributed by atoms with E-state index in [1.54, 1.807) is 13.2 Å². The molecule has 0 unspecified atom stereocenters. The van der Waals surface area contributed by atoms with Crippen molar-refractivity contribution in [2.75, 3.05) is 7.11 Å². The molecule has 0 saturated carbocycles. The van der Waals surface area contributed by atoms with Gasteiger partial charge in [-0.25, -0.2) is 9.78 Å². The average molecular weight is 374 g/mol. The number of cyclic esters (lactones) is 1. The van der Waals surface area contributed by atoms with Crippen molar-refractivity contribution in [1.29, 1.82) is 0 Å². The molecule has 2 aromatic carbocycles. The topological polar surface area (TPSA) is 48.4 Å². The molecule has 1 aromatic heterocycles. The summed E-state index contributed by atoms with van der Waals surface area (Å²) in [7, 11) is 1.55. The molecule has 4 rings (SSSR count). The number of carbonyl (C=O) groups excluding carboxylic acids is 1. The molecule has 0 fully saturated rings. The quantitative estimate of drug-likeness (QED) is 0.457. The van der Waals surface area contributed by atoms with Crippen LogP contribution in [-0.4, -0.2) is 18.1 Å². The number of nitrogens with zero attached hydrogens (tertiary/aromatic N) is 1. The standard InChI is InChI=1S/C19H13Cl2NO3/c1-9-3-5-10(6-4-9)14-15-11(7-13(20)22-18(15)21)17(24-2)12-8-25-19(23)16(12)14/h3-7H,8H2,1-2H3. The van der Waals surface area contributed by atoms with Gasteiger partial charge in [-0.05, 0) is 18.6 Å². The third kappa shape index (κ3) is 2.44. The molecule has 0 spiro atoms. The van der Waals surface area contributed by atoms with Crippen LogP contribution in [0.25, 0.3) is 21.9 Å². The number of rotatable bonds is 2. The number of aryl methyl sites for hydroxylation is 1. The monoisotopic (exact) mass is 373 g/mol. The Kier molecular flexibility index (Phi) is 3.82. The Labute approximate surface area is 154 Å². The van der Waals surface area contributed by atoms with Crippen molar-refractivity contribution in [2.24, 2.45) is 0 Å². The van der Waals surface area contributed by atoms with Crippen LogP contribution in [0.4, 0.5) is 0 Å². The maximum absolute atomic E-state index is 12.4. The van der Waals surface area contributed by atoms with Crippen LogP contribution >= 0.6 is 23.2 Å². The van der Waals surface area contributed by atoms with E-state index >= 15 is 0 Å². The molecule has 0 atom stereocenters. The van der Waals surface area contributed by atoms with E-state index in [9.17, 15) is 4.79 Å². The second kappa shape index (κ2) is 5.90. The van der Waals surface area contributed by atoms with E-state index in [2.05, 4.69) is 4.98 Å². The summed E-state index contributed by atoms with van der Waals surface area (Å²) in [5.74, 6) is 0.148. The summed E-state index contributed by atoms with van der Waals surface area (Å²) in [4.78, 5) is 16.6. The lowest BCUT2D eigenvalue weighted by molar-refractivity contribution is 0.0535. The highest BCUT2D eigenvalue weighted by molar-refractivity contribution is 6.38. The van der Waals surface area contributed by atoms with E-state index in [1.807, 2.05) is 31.2 Å². The van der Waals surface area contributed by atoms with E-state index in [-0.39, 0.29) is 16.9 Å². The summed E-state index contributed by atoms with van der Waals surface area (Å²) >= 11 is 12.5. The molecule has 1 aliphatic rings. The number of halogens is 2. The van der Waals surface area contributed by atoms with E-state index in [0.29, 0.717) is 33.2 Å². The van der Waals surface area contributed by atoms with Gasteiger partial charge in [0.1, 0.15) is 22.7 Å². The van der Waals surface area contributed by atoms with Crippen molar-refractivity contribution in [2.45, 2.75) is 13.5 Å². The number of esters is 1. The average Bonchev–Trinajstić information content (AvgIpc) is 2.95. The molecule has 3 aromatic rings. The summed E-state index contributed by atoms with van der Waals surface area (Å²) < 4.78 is 10.8. The molecule has 25 heavy (non-hydrogen) atoms. The number of ether oxygens (including phenoxy) is 2. The number of benzene rings is 2. The Morgan fingerprint density at radius 1 is 1.16 bits per heavy atom. The third-order valence-corrected chi connectivity index (χ3v) is 4.83. The molecule has 6 heteroatoms. The van der Waals surface area contributed by atoms with Gasteiger partial charge in [-0.2, -0.15) is 0 Å². The number of aromatic nitrogens is 1. The molecule has 0 amide bonds. The van der Waals surface area contributed by atoms with Gasteiger partial charge in [0.05, 0.1) is 12.7 Å². The first-order valence-corrected chi connectivity index (χ1v) is 8.39. The molecular weight excluding hydrogens is 361 g/mol. The molecular formula is C19H13Cl2NO3. The lowest BCUT2D eigenvalue weighted by Gasteiger charge is -2.16. The van der Waals surface area contributed by atoms with Gasteiger partial charge < -0.3 is 9.47 Å². The minimum absolute atomic E-state index is 0.156. The summed E-state index contributed by atoms with van der Waals surface area (Å²) in [6.45, 7) is 2.16. The highest BCUT2D eigenvalue weighted by Gasteiger charge is 2.33. The van der Waals surface area contributed by atoms with Crippen molar-refractivity contribution in [3.8, 4) is 16.9 Å². The zero-order valence-electron chi connectivity index (χ0n) is 13.5. The zero-order chi connectivity index (χ0) is 17.7. The fraction of sp³-hybridized carbons (Fsp3) is 0.158. The molecule has 2 heterocycles. The Hall–Kier alpha value is -2.30. The number of fused-ring (bicyclic) bond motifs is 2. The van der Waals surface area contributed by atoms with Crippen LogP contribution in [0.5, 0.6) is 5.75 Å². The van der Waals surface area contributed by atoms with Crippen molar-refractivity contribution < 1.29 is 14.3 Å². The van der Waals surface area contributed by atoms with Crippen molar-refractivity contribution in [1.82, 2.24) is 4.98 Å². The fourth-order valence-electron chi connectivity index (χ4n) is 3.27. The Morgan fingerprint density at radius 2 is 1.88 bits per heavy atom. The van der Waals surface area contributed by atoms with Gasteiger partial charge in [0, 0.05) is 21.9 Å². The van der Waals surface area contributed by atoms with Gasteiger partial charge in [-0.15, -0.1) is 0 Å². The zero-order valence-corrected chi connectivity index (χ0v) is 15.0. The Balaban J connectivity index is 2.23. The lowest BCUT2D eigenvalue weighted by atomic mass is 9.90. The summed E-state index contributed by atoms with van der Waals surface area (Å²) in [6.07, 6.45) is 0. The second-order valence-electron chi connectivity index (χ2n) is 5.86. The van der Waals surface area contributed by atoms with E-state index < -0.39 is 5.97 Å². The third-order valence-electron chi connectivity index (χ3n) is 4.36. The van der Waals surface area contributed by atoms with Crippen LogP contribution in [0.3, 0.4) is 0 Å². The van der Waals surface area contributed by atoms with Gasteiger partial charge in [-0.3, -0.25) is 0 Å². The normalized spacial score (nSPS) is 13.0. The number of methoxy groups -OCH3 is 1. The van der Waals surface area contributed by atoms with Crippen LogP contribution in [0, 0.1) is 6.92 Å². The van der Waals surface area contributed by atoms with Gasteiger partial charge in [0.15, 0.2) is 0 Å². The SMILES string of the molecule is COc1c2c(c(-c3ccc(C)cc3)c3c(Cl)nc(Cl)cc13)C(=O)OC2. The summed E-state index contributed by atoms with van der Waals surface area (Å²) in [6, 6.07) is 9.56. The van der Waals surface area contributed by atoms with Crippen molar-refractivity contribution >= 4 is 39.9 Å². The first-order chi connectivity index (χ1) is 12.0. The lowest BCUT2D eigenvalue weighted by Crippen LogP contribution is -2.02. The minimum Gasteiger partial charge on any atom is -0.496 e. The van der Waals surface area contributed by atoms with Gasteiger partial charge in [0.2, 0.25) is 0 Å². The number of hydrogen-bond donors (Lipinski definition) is 0. The van der Waals surface area contributed by atoms with Gasteiger partial charge in [0.25, 0.3) is 0 Å². The molecule has 0 N–H and O–H groups in total. The highest BCUT2D eigenvalue weighted by atomic mass is 35.5. The second-order valence-corrected chi connectivity index (χ2v) is 6.61. The number of hydrogen-bond acceptors (Lipinski definition) is 4. The number of carbonyl (C=O) groups is 1. The number of pyridine rings is 1. The summed E-state index contributed by atoms with van der Waals surface area (Å²) in [5.41, 5.74) is 3.85. The molecule has 4 nitrogen and oxygen atoms in total. The fourth-order valence-corrected chi connectivity index (χ4v) is 3.79. The molecule has 0 aliphatic carbocycles. The molecule has 0 bridgehead atoms. The van der Waals surface area contributed by atoms with Crippen molar-refractivity contribution in [3.05, 3.63) is 57.3 Å². The Morgan fingerprint density at radius 3 is 2.56 bits per heavy atom. The first kappa shape index (κ1) is 16.2. The highest BCUT2D eigenvalue weighted by Crippen LogP contribution is 2.46. The van der Waals surface area contributed by atoms with Crippen molar-refractivity contribution in [3.63, 3.8) is 0 Å². The van der Waals surface area contributed by atoms with Gasteiger partial charge in [-0.1, -0.05) is 53.0 Å². The van der Waals surface area contributed by atoms with Crippen LogP contribution in [0.15, 0.2) is 30.3 Å². The van der Waals surface area contributed by atoms with Crippen LogP contribution < -0.4 is 4.74 Å².